The molecule has 110 valence electrons. The van der Waals surface area contributed by atoms with E-state index < -0.39 is 5.97 Å². The summed E-state index contributed by atoms with van der Waals surface area (Å²) in [7, 11) is 2.08. The van der Waals surface area contributed by atoms with Gasteiger partial charge >= 0.3 is 5.97 Å². The van der Waals surface area contributed by atoms with Gasteiger partial charge in [0, 0.05) is 11.7 Å². The molecule has 1 saturated heterocycles. The van der Waals surface area contributed by atoms with Crippen LogP contribution in [0.2, 0.25) is 0 Å². The quantitative estimate of drug-likeness (QED) is 0.915. The van der Waals surface area contributed by atoms with Gasteiger partial charge in [0.1, 0.15) is 12.2 Å². The molecule has 0 saturated carbocycles. The number of aromatic nitrogens is 1. The van der Waals surface area contributed by atoms with Gasteiger partial charge in [-0.15, -0.1) is 0 Å². The number of nitrogens with zero attached hydrogens (tertiary/aromatic N) is 2. The molecule has 0 amide bonds. The van der Waals surface area contributed by atoms with E-state index in [4.69, 9.17) is 4.74 Å². The van der Waals surface area contributed by atoms with Gasteiger partial charge in [-0.1, -0.05) is 6.42 Å². The summed E-state index contributed by atoms with van der Waals surface area (Å²) in [6.45, 7) is 5.18. The monoisotopic (exact) mass is 278 g/mol. The van der Waals surface area contributed by atoms with Crippen molar-refractivity contribution in [3.63, 3.8) is 0 Å². The molecule has 1 N–H and O–H groups in total. The molecule has 1 aliphatic heterocycles. The van der Waals surface area contributed by atoms with E-state index in [2.05, 4.69) is 16.9 Å². The molecule has 0 aliphatic carbocycles. The molecule has 0 aromatic carbocycles. The maximum atomic E-state index is 11.3. The van der Waals surface area contributed by atoms with Gasteiger partial charge in [0.25, 0.3) is 0 Å². The maximum Gasteiger partial charge on any atom is 0.341 e. The van der Waals surface area contributed by atoms with E-state index in [1.54, 1.807) is 13.0 Å². The van der Waals surface area contributed by atoms with Crippen molar-refractivity contribution in [1.82, 2.24) is 9.88 Å². The van der Waals surface area contributed by atoms with Gasteiger partial charge in [0.05, 0.1) is 0 Å². The minimum atomic E-state index is -0.984. The molecule has 5 heteroatoms. The van der Waals surface area contributed by atoms with E-state index in [0.717, 1.165) is 18.7 Å². The Balaban J connectivity index is 2.14. The molecule has 0 spiro atoms. The van der Waals surface area contributed by atoms with Crippen molar-refractivity contribution in [2.75, 3.05) is 20.2 Å². The topological polar surface area (TPSA) is 62.7 Å². The Kier molecular flexibility index (Phi) is 4.60. The van der Waals surface area contributed by atoms with Crippen molar-refractivity contribution in [2.45, 2.75) is 39.2 Å². The Morgan fingerprint density at radius 1 is 1.50 bits per heavy atom. The maximum absolute atomic E-state index is 11.3. The third-order valence-corrected chi connectivity index (χ3v) is 3.86. The summed E-state index contributed by atoms with van der Waals surface area (Å²) < 4.78 is 5.74. The summed E-state index contributed by atoms with van der Waals surface area (Å²) in [5.41, 5.74) is 1.64. The summed E-state index contributed by atoms with van der Waals surface area (Å²) in [4.78, 5) is 17.9. The lowest BCUT2D eigenvalue weighted by Gasteiger charge is -2.32. The molecule has 0 bridgehead atoms. The van der Waals surface area contributed by atoms with Crippen LogP contribution in [-0.2, 0) is 0 Å². The number of aromatic carboxylic acids is 1. The molecule has 1 aromatic heterocycles. The second-order valence-electron chi connectivity index (χ2n) is 5.51. The van der Waals surface area contributed by atoms with Crippen LogP contribution < -0.4 is 4.74 Å². The van der Waals surface area contributed by atoms with E-state index in [-0.39, 0.29) is 11.4 Å². The Bertz CT molecular complexity index is 502. The predicted molar refractivity (Wildman–Crippen MR) is 76.4 cm³/mol. The van der Waals surface area contributed by atoms with Crippen molar-refractivity contribution >= 4 is 5.97 Å². The zero-order valence-electron chi connectivity index (χ0n) is 12.3. The average Bonchev–Trinajstić information content (AvgIpc) is 2.36. The Morgan fingerprint density at radius 2 is 2.25 bits per heavy atom. The second kappa shape index (κ2) is 6.22. The number of aryl methyl sites for hydroxylation is 2. The molecule has 1 atom stereocenters. The number of carbonyl (C=O) groups is 1. The molecule has 1 aromatic rings. The van der Waals surface area contributed by atoms with E-state index in [9.17, 15) is 9.90 Å². The highest BCUT2D eigenvalue weighted by atomic mass is 16.5. The Morgan fingerprint density at radius 3 is 2.90 bits per heavy atom. The van der Waals surface area contributed by atoms with Crippen LogP contribution in [0.1, 0.15) is 40.9 Å². The zero-order chi connectivity index (χ0) is 14.7. The fourth-order valence-electron chi connectivity index (χ4n) is 2.70. The van der Waals surface area contributed by atoms with E-state index >= 15 is 0 Å². The molecule has 5 nitrogen and oxygen atoms in total. The zero-order valence-corrected chi connectivity index (χ0v) is 12.3. The number of carboxylic acids is 1. The fourth-order valence-corrected chi connectivity index (χ4v) is 2.70. The van der Waals surface area contributed by atoms with Crippen LogP contribution in [0.3, 0.4) is 0 Å². The molecule has 1 aliphatic rings. The number of ether oxygens (including phenoxy) is 1. The van der Waals surface area contributed by atoms with Crippen LogP contribution in [0.25, 0.3) is 0 Å². The van der Waals surface area contributed by atoms with Crippen molar-refractivity contribution in [3.8, 4) is 5.88 Å². The van der Waals surface area contributed by atoms with Crippen molar-refractivity contribution < 1.29 is 14.6 Å². The number of hydrogen-bond acceptors (Lipinski definition) is 4. The molecular formula is C15H22N2O3. The first-order valence-corrected chi connectivity index (χ1v) is 7.03. The smallest absolute Gasteiger partial charge is 0.341 e. The Hall–Kier alpha value is -1.62. The summed E-state index contributed by atoms with van der Waals surface area (Å²) in [6.07, 6.45) is 3.50. The van der Waals surface area contributed by atoms with Gasteiger partial charge in [-0.05, 0) is 51.9 Å². The van der Waals surface area contributed by atoms with Crippen molar-refractivity contribution in [2.24, 2.45) is 0 Å². The highest BCUT2D eigenvalue weighted by Crippen LogP contribution is 2.22. The molecular weight excluding hydrogens is 256 g/mol. The fraction of sp³-hybridized carbons (Fsp3) is 0.600. The van der Waals surface area contributed by atoms with Crippen LogP contribution >= 0.6 is 0 Å². The number of pyridine rings is 1. The van der Waals surface area contributed by atoms with Gasteiger partial charge in [-0.25, -0.2) is 9.78 Å². The number of rotatable bonds is 4. The van der Waals surface area contributed by atoms with Crippen LogP contribution in [-0.4, -0.2) is 47.2 Å². The number of likely N-dealkylation sites (tertiary alicyclic amines) is 1. The lowest BCUT2D eigenvalue weighted by Crippen LogP contribution is -2.40. The van der Waals surface area contributed by atoms with Gasteiger partial charge in [0.2, 0.25) is 5.88 Å². The first kappa shape index (κ1) is 14.8. The highest BCUT2D eigenvalue weighted by molar-refractivity contribution is 5.91. The second-order valence-corrected chi connectivity index (χ2v) is 5.51. The molecule has 1 fully saturated rings. The third-order valence-electron chi connectivity index (χ3n) is 3.86. The molecule has 0 radical (unpaired) electrons. The number of carboxylic acid groups (broad SMARTS) is 1. The summed E-state index contributed by atoms with van der Waals surface area (Å²) >= 11 is 0. The van der Waals surface area contributed by atoms with Crippen molar-refractivity contribution in [1.29, 1.82) is 0 Å². The van der Waals surface area contributed by atoms with Gasteiger partial charge in [-0.2, -0.15) is 0 Å². The number of hydrogen-bond donors (Lipinski definition) is 1. The normalized spacial score (nSPS) is 19.9. The van der Waals surface area contributed by atoms with Crippen LogP contribution in [0, 0.1) is 13.8 Å². The van der Waals surface area contributed by atoms with Gasteiger partial charge in [0.15, 0.2) is 0 Å². The highest BCUT2D eigenvalue weighted by Gasteiger charge is 2.22. The molecule has 1 unspecified atom stereocenters. The molecule has 20 heavy (non-hydrogen) atoms. The van der Waals surface area contributed by atoms with E-state index in [1.807, 2.05) is 6.92 Å². The van der Waals surface area contributed by atoms with Crippen LogP contribution in [0.5, 0.6) is 5.88 Å². The third kappa shape index (κ3) is 3.28. The van der Waals surface area contributed by atoms with Gasteiger partial charge in [-0.3, -0.25) is 0 Å². The van der Waals surface area contributed by atoms with Crippen molar-refractivity contribution in [3.05, 3.63) is 22.9 Å². The van der Waals surface area contributed by atoms with Crippen LogP contribution in [0.4, 0.5) is 0 Å². The summed E-state index contributed by atoms with van der Waals surface area (Å²) in [6, 6.07) is 2.11. The van der Waals surface area contributed by atoms with Gasteiger partial charge < -0.3 is 14.7 Å². The van der Waals surface area contributed by atoms with E-state index in [1.165, 1.54) is 12.8 Å². The minimum Gasteiger partial charge on any atom is -0.477 e. The minimum absolute atomic E-state index is 0.175. The first-order chi connectivity index (χ1) is 9.49. The average molecular weight is 278 g/mol. The predicted octanol–water partition coefficient (Wildman–Crippen LogP) is 2.26. The van der Waals surface area contributed by atoms with Crippen LogP contribution in [0.15, 0.2) is 6.07 Å². The molecule has 2 rings (SSSR count). The molecule has 2 heterocycles. The first-order valence-electron chi connectivity index (χ1n) is 7.03. The SMILES string of the molecule is Cc1cc(C)c(C(=O)O)c(OCC2CCCCN2C)n1. The lowest BCUT2D eigenvalue weighted by atomic mass is 10.0. The standard InChI is InChI=1S/C15H22N2O3/c1-10-8-11(2)16-14(13(10)15(18)19)20-9-12-6-4-5-7-17(12)3/h8,12H,4-7,9H2,1-3H3,(H,18,19). The lowest BCUT2D eigenvalue weighted by molar-refractivity contribution is 0.0685. The summed E-state index contributed by atoms with van der Waals surface area (Å²) in [5, 5.41) is 9.30. The summed E-state index contributed by atoms with van der Waals surface area (Å²) in [5.74, 6) is -0.740. The Labute approximate surface area is 119 Å². The van der Waals surface area contributed by atoms with E-state index in [0.29, 0.717) is 18.2 Å². The largest absolute Gasteiger partial charge is 0.477 e. The number of piperidine rings is 1. The number of likely N-dealkylation sites (N-methyl/N-ethyl adjacent to an activating group) is 1.